The van der Waals surface area contributed by atoms with Gasteiger partial charge in [-0.25, -0.2) is 9.37 Å². The zero-order valence-corrected chi connectivity index (χ0v) is 22.5. The van der Waals surface area contributed by atoms with Crippen LogP contribution in [0.5, 0.6) is 5.75 Å². The van der Waals surface area contributed by atoms with E-state index in [-0.39, 0.29) is 11.7 Å². The minimum Gasteiger partial charge on any atom is -0.508 e. The fourth-order valence-corrected chi connectivity index (χ4v) is 5.62. The molecule has 0 unspecified atom stereocenters. The van der Waals surface area contributed by atoms with Crippen molar-refractivity contribution in [2.24, 2.45) is 5.92 Å². The molecule has 42 heavy (non-hydrogen) atoms. The summed E-state index contributed by atoms with van der Waals surface area (Å²) in [6.07, 6.45) is 9.20. The van der Waals surface area contributed by atoms with Crippen LogP contribution < -0.4 is 10.6 Å². The number of pyridine rings is 3. The summed E-state index contributed by atoms with van der Waals surface area (Å²) in [5.41, 5.74) is 6.06. The number of phenols is 1. The SMILES string of the molecule is O=C(CC1CCNCC1)Nc1cncc(-c2cc3c(-c4cc5c(-c6cc(O)cc(F)c6)ccnc5[nH]4)n[nH]c3cn2)c1. The Morgan fingerprint density at radius 1 is 1.00 bits per heavy atom. The van der Waals surface area contributed by atoms with Gasteiger partial charge < -0.3 is 20.7 Å². The van der Waals surface area contributed by atoms with E-state index in [1.807, 2.05) is 18.2 Å². The Labute approximate surface area is 239 Å². The van der Waals surface area contributed by atoms with Crippen molar-refractivity contribution in [1.82, 2.24) is 35.5 Å². The highest BCUT2D eigenvalue weighted by Gasteiger charge is 2.18. The molecule has 10 nitrogen and oxygen atoms in total. The topological polar surface area (TPSA) is 144 Å². The number of phenolic OH excluding ortho intramolecular Hbond substituents is 1. The Kier molecular flexibility index (Phi) is 6.55. The third-order valence-electron chi connectivity index (χ3n) is 7.68. The lowest BCUT2D eigenvalue weighted by atomic mass is 9.94. The fourth-order valence-electron chi connectivity index (χ4n) is 5.62. The first-order valence-corrected chi connectivity index (χ1v) is 13.8. The number of aromatic amines is 2. The van der Waals surface area contributed by atoms with Crippen molar-refractivity contribution in [1.29, 1.82) is 0 Å². The summed E-state index contributed by atoms with van der Waals surface area (Å²) < 4.78 is 14.0. The fraction of sp³-hybridized carbons (Fsp3) is 0.194. The average molecular weight is 563 g/mol. The van der Waals surface area contributed by atoms with Gasteiger partial charge in [0.05, 0.1) is 35.0 Å². The van der Waals surface area contributed by atoms with Crippen molar-refractivity contribution in [2.75, 3.05) is 18.4 Å². The van der Waals surface area contributed by atoms with Crippen molar-refractivity contribution in [3.63, 3.8) is 0 Å². The van der Waals surface area contributed by atoms with Crippen molar-refractivity contribution in [2.45, 2.75) is 19.3 Å². The van der Waals surface area contributed by atoms with E-state index in [1.54, 1.807) is 30.9 Å². The molecule has 0 spiro atoms. The summed E-state index contributed by atoms with van der Waals surface area (Å²) in [4.78, 5) is 29.4. The number of amides is 1. The zero-order chi connectivity index (χ0) is 28.6. The van der Waals surface area contributed by atoms with Gasteiger partial charge in [-0.15, -0.1) is 0 Å². The summed E-state index contributed by atoms with van der Waals surface area (Å²) in [5, 5.41) is 25.4. The van der Waals surface area contributed by atoms with Gasteiger partial charge in [0.15, 0.2) is 0 Å². The zero-order valence-electron chi connectivity index (χ0n) is 22.5. The number of piperidine rings is 1. The molecular weight excluding hydrogens is 535 g/mol. The predicted octanol–water partition coefficient (Wildman–Crippen LogP) is 5.40. The minimum absolute atomic E-state index is 0.0124. The quantitative estimate of drug-likeness (QED) is 0.183. The summed E-state index contributed by atoms with van der Waals surface area (Å²) in [5.74, 6) is -0.294. The molecule has 7 rings (SSSR count). The molecule has 0 bridgehead atoms. The number of carbonyl (C=O) groups excluding carboxylic acids is 1. The van der Waals surface area contributed by atoms with Gasteiger partial charge in [0.1, 0.15) is 22.9 Å². The first-order chi connectivity index (χ1) is 20.5. The standard InChI is InChI=1S/C31H27FN8O2/c32-20-8-18(10-22(41)11-20)23-3-6-35-31-24(23)12-27(38-31)30-25-13-26(36-16-28(25)39-40-30)19-9-21(15-34-14-19)37-29(42)7-17-1-4-33-5-2-17/h3,6,8-17,33,41H,1-2,4-5,7H2,(H,35,38)(H,37,42)(H,39,40). The van der Waals surface area contributed by atoms with E-state index in [0.29, 0.717) is 46.3 Å². The number of hydrogen-bond donors (Lipinski definition) is 5. The molecule has 1 aliphatic heterocycles. The third kappa shape index (κ3) is 5.06. The second-order valence-electron chi connectivity index (χ2n) is 10.6. The van der Waals surface area contributed by atoms with Gasteiger partial charge in [-0.2, -0.15) is 5.10 Å². The summed E-state index contributed by atoms with van der Waals surface area (Å²) in [7, 11) is 0. The number of anilines is 1. The largest absolute Gasteiger partial charge is 0.508 e. The van der Waals surface area contributed by atoms with Crippen LogP contribution in [0.1, 0.15) is 19.3 Å². The van der Waals surface area contributed by atoms with Gasteiger partial charge in [-0.3, -0.25) is 19.9 Å². The van der Waals surface area contributed by atoms with Crippen LogP contribution in [0.15, 0.2) is 67.3 Å². The van der Waals surface area contributed by atoms with E-state index in [1.165, 1.54) is 12.1 Å². The summed E-state index contributed by atoms with van der Waals surface area (Å²) in [6.45, 7) is 1.90. The lowest BCUT2D eigenvalue weighted by Gasteiger charge is -2.21. The molecule has 1 aliphatic rings. The van der Waals surface area contributed by atoms with Crippen LogP contribution >= 0.6 is 0 Å². The molecule has 1 aromatic carbocycles. The highest BCUT2D eigenvalue weighted by molar-refractivity contribution is 6.00. The van der Waals surface area contributed by atoms with Gasteiger partial charge in [-0.1, -0.05) is 0 Å². The molecule has 1 amide bonds. The molecule has 6 heterocycles. The van der Waals surface area contributed by atoms with Crippen LogP contribution in [0.2, 0.25) is 0 Å². The lowest BCUT2D eigenvalue weighted by molar-refractivity contribution is -0.117. The van der Waals surface area contributed by atoms with Crippen LogP contribution in [0.4, 0.5) is 10.1 Å². The van der Waals surface area contributed by atoms with Gasteiger partial charge >= 0.3 is 0 Å². The van der Waals surface area contributed by atoms with Crippen LogP contribution in [-0.2, 0) is 4.79 Å². The average Bonchev–Trinajstić information content (AvgIpc) is 3.61. The summed E-state index contributed by atoms with van der Waals surface area (Å²) in [6, 6.07) is 11.5. The number of aromatic nitrogens is 6. The molecule has 1 fully saturated rings. The maximum atomic E-state index is 14.0. The number of fused-ring (bicyclic) bond motifs is 2. The van der Waals surface area contributed by atoms with Crippen molar-refractivity contribution in [3.8, 4) is 39.5 Å². The smallest absolute Gasteiger partial charge is 0.224 e. The highest BCUT2D eigenvalue weighted by Crippen LogP contribution is 2.35. The van der Waals surface area contributed by atoms with Gasteiger partial charge in [0.2, 0.25) is 5.91 Å². The predicted molar refractivity (Wildman–Crippen MR) is 158 cm³/mol. The van der Waals surface area contributed by atoms with Crippen molar-refractivity contribution < 1.29 is 14.3 Å². The monoisotopic (exact) mass is 562 g/mol. The minimum atomic E-state index is -0.524. The number of hydrogen-bond acceptors (Lipinski definition) is 7. The molecule has 0 aliphatic carbocycles. The van der Waals surface area contributed by atoms with E-state index in [9.17, 15) is 14.3 Å². The van der Waals surface area contributed by atoms with Gasteiger partial charge in [0, 0.05) is 41.2 Å². The van der Waals surface area contributed by atoms with Crippen molar-refractivity contribution in [3.05, 3.63) is 73.1 Å². The second-order valence-corrected chi connectivity index (χ2v) is 10.6. The van der Waals surface area contributed by atoms with Crippen LogP contribution in [0.25, 0.3) is 55.7 Å². The molecule has 1 saturated heterocycles. The van der Waals surface area contributed by atoms with E-state index in [4.69, 9.17) is 0 Å². The lowest BCUT2D eigenvalue weighted by Crippen LogP contribution is -2.30. The van der Waals surface area contributed by atoms with E-state index in [2.05, 4.69) is 40.8 Å². The first-order valence-electron chi connectivity index (χ1n) is 13.8. The Hall–Kier alpha value is -5.16. The number of carbonyl (C=O) groups is 1. The van der Waals surface area contributed by atoms with E-state index < -0.39 is 5.82 Å². The second kappa shape index (κ2) is 10.7. The van der Waals surface area contributed by atoms with Crippen LogP contribution in [-0.4, -0.2) is 54.2 Å². The Bertz CT molecular complexity index is 1920. The van der Waals surface area contributed by atoms with Crippen molar-refractivity contribution >= 4 is 33.5 Å². The molecule has 6 aromatic rings. The molecular formula is C31H27FN8O2. The maximum absolute atomic E-state index is 14.0. The number of H-pyrrole nitrogens is 2. The number of halogens is 1. The Balaban J connectivity index is 1.20. The highest BCUT2D eigenvalue weighted by atomic mass is 19.1. The number of nitrogens with zero attached hydrogens (tertiary/aromatic N) is 4. The Morgan fingerprint density at radius 3 is 2.74 bits per heavy atom. The molecule has 0 saturated carbocycles. The molecule has 5 N–H and O–H groups in total. The summed E-state index contributed by atoms with van der Waals surface area (Å²) >= 11 is 0. The van der Waals surface area contributed by atoms with E-state index >= 15 is 0 Å². The van der Waals surface area contributed by atoms with Crippen LogP contribution in [0.3, 0.4) is 0 Å². The van der Waals surface area contributed by atoms with Gasteiger partial charge in [0.25, 0.3) is 0 Å². The molecule has 0 atom stereocenters. The third-order valence-corrected chi connectivity index (χ3v) is 7.68. The first kappa shape index (κ1) is 25.8. The Morgan fingerprint density at radius 2 is 1.88 bits per heavy atom. The normalized spacial score (nSPS) is 14.0. The van der Waals surface area contributed by atoms with Gasteiger partial charge in [-0.05, 0) is 79.4 Å². The van der Waals surface area contributed by atoms with Crippen LogP contribution in [0, 0.1) is 11.7 Å². The number of aromatic hydroxyl groups is 1. The molecule has 5 aromatic heterocycles. The van der Waals surface area contributed by atoms with E-state index in [0.717, 1.165) is 59.4 Å². The number of benzene rings is 1. The molecule has 0 radical (unpaired) electrons. The number of nitrogens with one attached hydrogen (secondary N) is 4. The molecule has 11 heteroatoms. The maximum Gasteiger partial charge on any atom is 0.224 e. The molecule has 210 valence electrons. The number of rotatable bonds is 6.